The first kappa shape index (κ1) is 21.5. The predicted molar refractivity (Wildman–Crippen MR) is 121 cm³/mol. The number of nitrogens with one attached hydrogen (secondary N) is 1. The molecule has 2 heterocycles. The molecule has 2 aromatic rings. The summed E-state index contributed by atoms with van der Waals surface area (Å²) in [6.07, 6.45) is 2.69. The summed E-state index contributed by atoms with van der Waals surface area (Å²) in [5, 5.41) is 11.5. The number of guanidine groups is 1. The van der Waals surface area contributed by atoms with Crippen LogP contribution >= 0.6 is 24.0 Å². The molecule has 0 radical (unpaired) electrons. The predicted octanol–water partition coefficient (Wildman–Crippen LogP) is 2.25. The van der Waals surface area contributed by atoms with Crippen molar-refractivity contribution in [3.05, 3.63) is 42.5 Å². The van der Waals surface area contributed by atoms with Gasteiger partial charge < -0.3 is 19.7 Å². The summed E-state index contributed by atoms with van der Waals surface area (Å²) in [5.74, 6) is 2.02. The molecule has 1 aliphatic heterocycles. The Hall–Kier alpha value is -1.84. The number of benzene rings is 1. The number of para-hydroxylation sites is 1. The number of aryl methyl sites for hydroxylation is 1. The summed E-state index contributed by atoms with van der Waals surface area (Å²) in [6.45, 7) is 10.6. The van der Waals surface area contributed by atoms with Gasteiger partial charge in [-0.1, -0.05) is 25.1 Å². The van der Waals surface area contributed by atoms with Gasteiger partial charge in [0, 0.05) is 51.4 Å². The highest BCUT2D eigenvalue weighted by Gasteiger charge is 2.19. The molecule has 3 rings (SSSR count). The average molecular weight is 483 g/mol. The Morgan fingerprint density at radius 2 is 1.85 bits per heavy atom. The standard InChI is InChI=1S/C19H29N7.HI/c1-3-18-23-22-16-26(18)11-10-21-19(20-4-2)25-14-12-24(13-15-25)17-8-6-5-7-9-17;/h5-9,16H,3-4,10-15H2,1-2H3,(H,20,21);1H. The van der Waals surface area contributed by atoms with E-state index in [-0.39, 0.29) is 24.0 Å². The lowest BCUT2D eigenvalue weighted by Gasteiger charge is -2.37. The summed E-state index contributed by atoms with van der Waals surface area (Å²) in [7, 11) is 0. The molecule has 8 heteroatoms. The molecular weight excluding hydrogens is 453 g/mol. The molecule has 1 aromatic carbocycles. The van der Waals surface area contributed by atoms with Crippen molar-refractivity contribution in [1.29, 1.82) is 0 Å². The Labute approximate surface area is 178 Å². The molecule has 0 unspecified atom stereocenters. The van der Waals surface area contributed by atoms with Crippen LogP contribution < -0.4 is 10.2 Å². The molecule has 1 aliphatic rings. The van der Waals surface area contributed by atoms with Gasteiger partial charge in [0.2, 0.25) is 0 Å². The zero-order valence-electron chi connectivity index (χ0n) is 16.2. The van der Waals surface area contributed by atoms with E-state index in [1.165, 1.54) is 5.69 Å². The number of halogens is 1. The van der Waals surface area contributed by atoms with Gasteiger partial charge in [0.05, 0.1) is 6.54 Å². The van der Waals surface area contributed by atoms with Gasteiger partial charge in [-0.2, -0.15) is 0 Å². The highest BCUT2D eigenvalue weighted by molar-refractivity contribution is 14.0. The number of rotatable bonds is 6. The van der Waals surface area contributed by atoms with Crippen LogP contribution in [0.1, 0.15) is 19.7 Å². The van der Waals surface area contributed by atoms with Gasteiger partial charge >= 0.3 is 0 Å². The maximum atomic E-state index is 4.82. The third kappa shape index (κ3) is 5.82. The monoisotopic (exact) mass is 483 g/mol. The van der Waals surface area contributed by atoms with Crippen LogP contribution in [0.3, 0.4) is 0 Å². The van der Waals surface area contributed by atoms with Gasteiger partial charge in [-0.25, -0.2) is 0 Å². The second-order valence-electron chi connectivity index (χ2n) is 6.34. The van der Waals surface area contributed by atoms with E-state index in [4.69, 9.17) is 4.99 Å². The number of hydrogen-bond donors (Lipinski definition) is 1. The summed E-state index contributed by atoms with van der Waals surface area (Å²) in [6, 6.07) is 10.6. The largest absolute Gasteiger partial charge is 0.368 e. The summed E-state index contributed by atoms with van der Waals surface area (Å²) >= 11 is 0. The molecule has 1 saturated heterocycles. The molecule has 0 amide bonds. The Morgan fingerprint density at radius 3 is 2.52 bits per heavy atom. The Balaban J connectivity index is 0.00000261. The van der Waals surface area contributed by atoms with Gasteiger partial charge in [0.1, 0.15) is 12.2 Å². The van der Waals surface area contributed by atoms with Crippen LogP contribution in [0.15, 0.2) is 41.7 Å². The Bertz CT molecular complexity index is 693. The molecule has 0 saturated carbocycles. The zero-order valence-corrected chi connectivity index (χ0v) is 18.5. The number of piperazine rings is 1. The minimum Gasteiger partial charge on any atom is -0.368 e. The van der Waals surface area contributed by atoms with Crippen molar-refractivity contribution >= 4 is 35.6 Å². The number of anilines is 1. The van der Waals surface area contributed by atoms with Crippen LogP contribution in [-0.4, -0.2) is 64.9 Å². The molecule has 1 fully saturated rings. The third-order valence-corrected chi connectivity index (χ3v) is 4.65. The van der Waals surface area contributed by atoms with E-state index >= 15 is 0 Å². The van der Waals surface area contributed by atoms with E-state index < -0.39 is 0 Å². The van der Waals surface area contributed by atoms with Crippen molar-refractivity contribution in [2.24, 2.45) is 4.99 Å². The fourth-order valence-electron chi connectivity index (χ4n) is 3.24. The van der Waals surface area contributed by atoms with Crippen LogP contribution in [0, 0.1) is 0 Å². The van der Waals surface area contributed by atoms with Gasteiger partial charge in [-0.05, 0) is 19.1 Å². The molecule has 148 valence electrons. The van der Waals surface area contributed by atoms with Crippen molar-refractivity contribution in [3.8, 4) is 0 Å². The fraction of sp³-hybridized carbons (Fsp3) is 0.526. The van der Waals surface area contributed by atoms with E-state index in [0.717, 1.165) is 64.0 Å². The SMILES string of the molecule is CCNC(=NCCn1cnnc1CC)N1CCN(c2ccccc2)CC1.I. The minimum atomic E-state index is 0. The zero-order chi connectivity index (χ0) is 18.2. The van der Waals surface area contributed by atoms with Crippen LogP contribution in [-0.2, 0) is 13.0 Å². The van der Waals surface area contributed by atoms with Crippen LogP contribution in [0.5, 0.6) is 0 Å². The van der Waals surface area contributed by atoms with E-state index in [1.807, 2.05) is 0 Å². The van der Waals surface area contributed by atoms with Crippen molar-refractivity contribution < 1.29 is 0 Å². The molecule has 1 aromatic heterocycles. The Kier molecular flexibility index (Phi) is 8.83. The number of hydrogen-bond acceptors (Lipinski definition) is 4. The normalized spacial score (nSPS) is 14.8. The van der Waals surface area contributed by atoms with Crippen molar-refractivity contribution in [2.45, 2.75) is 26.8 Å². The highest BCUT2D eigenvalue weighted by atomic mass is 127. The van der Waals surface area contributed by atoms with Crippen molar-refractivity contribution in [1.82, 2.24) is 25.0 Å². The first-order valence-electron chi connectivity index (χ1n) is 9.51. The quantitative estimate of drug-likeness (QED) is 0.388. The van der Waals surface area contributed by atoms with E-state index in [0.29, 0.717) is 0 Å². The number of aromatic nitrogens is 3. The maximum absolute atomic E-state index is 4.82. The molecule has 27 heavy (non-hydrogen) atoms. The topological polar surface area (TPSA) is 61.6 Å². The van der Waals surface area contributed by atoms with Gasteiger partial charge in [0.25, 0.3) is 0 Å². The molecule has 7 nitrogen and oxygen atoms in total. The molecule has 1 N–H and O–H groups in total. The first-order valence-corrected chi connectivity index (χ1v) is 9.51. The molecular formula is C19H30IN7. The lowest BCUT2D eigenvalue weighted by molar-refractivity contribution is 0.372. The lowest BCUT2D eigenvalue weighted by Crippen LogP contribution is -2.52. The molecule has 0 atom stereocenters. The van der Waals surface area contributed by atoms with E-state index in [1.54, 1.807) is 6.33 Å². The van der Waals surface area contributed by atoms with E-state index in [9.17, 15) is 0 Å². The average Bonchev–Trinajstić information content (AvgIpc) is 3.16. The maximum Gasteiger partial charge on any atom is 0.194 e. The summed E-state index contributed by atoms with van der Waals surface area (Å²) < 4.78 is 2.08. The van der Waals surface area contributed by atoms with Gasteiger partial charge in [-0.3, -0.25) is 4.99 Å². The lowest BCUT2D eigenvalue weighted by atomic mass is 10.2. The Morgan fingerprint density at radius 1 is 1.11 bits per heavy atom. The fourth-order valence-corrected chi connectivity index (χ4v) is 3.24. The second-order valence-corrected chi connectivity index (χ2v) is 6.34. The van der Waals surface area contributed by atoms with Gasteiger partial charge in [-0.15, -0.1) is 34.2 Å². The summed E-state index contributed by atoms with van der Waals surface area (Å²) in [4.78, 5) is 9.61. The third-order valence-electron chi connectivity index (χ3n) is 4.65. The first-order chi connectivity index (χ1) is 12.8. The molecule has 0 aliphatic carbocycles. The number of nitrogens with zero attached hydrogens (tertiary/aromatic N) is 6. The summed E-state index contributed by atoms with van der Waals surface area (Å²) in [5.41, 5.74) is 1.30. The van der Waals surface area contributed by atoms with Crippen LogP contribution in [0.25, 0.3) is 0 Å². The smallest absolute Gasteiger partial charge is 0.194 e. The molecule has 0 bridgehead atoms. The van der Waals surface area contributed by atoms with Crippen molar-refractivity contribution in [3.63, 3.8) is 0 Å². The van der Waals surface area contributed by atoms with Crippen LogP contribution in [0.2, 0.25) is 0 Å². The van der Waals surface area contributed by atoms with E-state index in [2.05, 4.69) is 74.1 Å². The number of aliphatic imine (C=N–C) groups is 1. The highest BCUT2D eigenvalue weighted by Crippen LogP contribution is 2.15. The minimum absolute atomic E-state index is 0. The molecule has 0 spiro atoms. The van der Waals surface area contributed by atoms with Crippen molar-refractivity contribution in [2.75, 3.05) is 44.2 Å². The second kappa shape index (κ2) is 11.1. The van der Waals surface area contributed by atoms with Gasteiger partial charge in [0.15, 0.2) is 5.96 Å². The van der Waals surface area contributed by atoms with Crippen LogP contribution in [0.4, 0.5) is 5.69 Å².